The molecule has 2 N–H and O–H groups in total. The van der Waals surface area contributed by atoms with E-state index in [1.807, 2.05) is 0 Å². The molecule has 122 valence electrons. The molecule has 21 heavy (non-hydrogen) atoms. The van der Waals surface area contributed by atoms with Gasteiger partial charge in [-0.05, 0) is 27.7 Å². The lowest BCUT2D eigenvalue weighted by molar-refractivity contribution is -0.158. The number of ether oxygens (including phenoxy) is 2. The van der Waals surface area contributed by atoms with Crippen molar-refractivity contribution in [1.82, 2.24) is 4.90 Å². The number of hydrogen-bond donors (Lipinski definition) is 2. The van der Waals surface area contributed by atoms with E-state index in [9.17, 15) is 19.8 Å². The fraction of sp³-hybridized carbons (Fsp3) is 0.857. The van der Waals surface area contributed by atoms with Crippen LogP contribution in [0.3, 0.4) is 0 Å². The van der Waals surface area contributed by atoms with Gasteiger partial charge in [-0.15, -0.1) is 0 Å². The minimum atomic E-state index is -1.03. The molecule has 1 aliphatic rings. The van der Waals surface area contributed by atoms with Gasteiger partial charge in [0.05, 0.1) is 19.3 Å². The van der Waals surface area contributed by atoms with Crippen molar-refractivity contribution in [2.75, 3.05) is 26.3 Å². The highest BCUT2D eigenvalue weighted by Gasteiger charge is 2.42. The number of likely N-dealkylation sites (tertiary alicyclic amines) is 1. The van der Waals surface area contributed by atoms with E-state index in [1.54, 1.807) is 27.7 Å². The molecule has 1 saturated heterocycles. The first kappa shape index (κ1) is 17.7. The zero-order valence-electron chi connectivity index (χ0n) is 13.0. The van der Waals surface area contributed by atoms with Crippen LogP contribution in [0.1, 0.15) is 27.7 Å². The zero-order valence-corrected chi connectivity index (χ0v) is 13.0. The third kappa shape index (κ3) is 4.86. The fourth-order valence-electron chi connectivity index (χ4n) is 2.24. The predicted molar refractivity (Wildman–Crippen MR) is 74.5 cm³/mol. The van der Waals surface area contributed by atoms with Gasteiger partial charge in [0.2, 0.25) is 0 Å². The van der Waals surface area contributed by atoms with Crippen molar-refractivity contribution in [3.05, 3.63) is 0 Å². The van der Waals surface area contributed by atoms with E-state index in [0.717, 1.165) is 0 Å². The number of aliphatic hydroxyl groups excluding tert-OH is 2. The van der Waals surface area contributed by atoms with Crippen LogP contribution >= 0.6 is 0 Å². The first-order valence-electron chi connectivity index (χ1n) is 7.13. The Bertz CT molecular complexity index is 378. The molecule has 0 radical (unpaired) electrons. The van der Waals surface area contributed by atoms with Gasteiger partial charge in [0.1, 0.15) is 11.5 Å². The Morgan fingerprint density at radius 2 is 1.90 bits per heavy atom. The number of esters is 1. The normalized spacial score (nSPS) is 26.4. The average Bonchev–Trinajstić information content (AvgIpc) is 2.37. The number of amides is 1. The van der Waals surface area contributed by atoms with Gasteiger partial charge in [0.15, 0.2) is 0 Å². The van der Waals surface area contributed by atoms with Gasteiger partial charge >= 0.3 is 12.1 Å². The highest BCUT2D eigenvalue weighted by Crippen LogP contribution is 2.25. The summed E-state index contributed by atoms with van der Waals surface area (Å²) in [7, 11) is 0. The third-order valence-electron chi connectivity index (χ3n) is 3.24. The SMILES string of the molecule is CCOC(=O)[C@H]1CN(C(=O)OC(C)(C)C)C[C@H](CO)[C@H]1O. The first-order chi connectivity index (χ1) is 9.69. The van der Waals surface area contributed by atoms with Crippen LogP contribution in [-0.4, -0.2) is 65.2 Å². The monoisotopic (exact) mass is 303 g/mol. The third-order valence-corrected chi connectivity index (χ3v) is 3.24. The Balaban J connectivity index is 2.83. The van der Waals surface area contributed by atoms with E-state index in [-0.39, 0.29) is 26.3 Å². The number of aliphatic hydroxyl groups is 2. The number of carbonyl (C=O) groups is 2. The van der Waals surface area contributed by atoms with Gasteiger partial charge in [-0.3, -0.25) is 4.79 Å². The molecule has 7 nitrogen and oxygen atoms in total. The minimum absolute atomic E-state index is 0.0193. The number of nitrogens with zero attached hydrogens (tertiary/aromatic N) is 1. The van der Waals surface area contributed by atoms with Crippen LogP contribution in [0.4, 0.5) is 4.79 Å². The number of piperidine rings is 1. The Morgan fingerprint density at radius 1 is 1.29 bits per heavy atom. The van der Waals surface area contributed by atoms with Crippen LogP contribution in [0, 0.1) is 11.8 Å². The molecule has 7 heteroatoms. The maximum atomic E-state index is 12.1. The fourth-order valence-corrected chi connectivity index (χ4v) is 2.24. The summed E-state index contributed by atoms with van der Waals surface area (Å²) in [6.45, 7) is 6.94. The second-order valence-electron chi connectivity index (χ2n) is 6.18. The summed E-state index contributed by atoms with van der Waals surface area (Å²) in [5.41, 5.74) is -0.652. The average molecular weight is 303 g/mol. The topological polar surface area (TPSA) is 96.3 Å². The zero-order chi connectivity index (χ0) is 16.2. The smallest absolute Gasteiger partial charge is 0.410 e. The van der Waals surface area contributed by atoms with E-state index in [2.05, 4.69) is 0 Å². The lowest BCUT2D eigenvalue weighted by atomic mass is 9.86. The molecule has 1 aliphatic heterocycles. The van der Waals surface area contributed by atoms with Crippen LogP contribution in [-0.2, 0) is 14.3 Å². The molecule has 0 saturated carbocycles. The van der Waals surface area contributed by atoms with Crippen molar-refractivity contribution >= 4 is 12.1 Å². The Kier molecular flexibility index (Phi) is 5.98. The quantitative estimate of drug-likeness (QED) is 0.732. The van der Waals surface area contributed by atoms with Crippen molar-refractivity contribution in [3.63, 3.8) is 0 Å². The summed E-state index contributed by atoms with van der Waals surface area (Å²) in [5.74, 6) is -2.04. The number of hydrogen-bond acceptors (Lipinski definition) is 6. The van der Waals surface area contributed by atoms with Crippen LogP contribution in [0.25, 0.3) is 0 Å². The summed E-state index contributed by atoms with van der Waals surface area (Å²) in [6.07, 6.45) is -1.60. The molecule has 1 heterocycles. The van der Waals surface area contributed by atoms with E-state index in [4.69, 9.17) is 9.47 Å². The van der Waals surface area contributed by atoms with Crippen molar-refractivity contribution in [2.24, 2.45) is 11.8 Å². The van der Waals surface area contributed by atoms with Crippen LogP contribution < -0.4 is 0 Å². The molecule has 0 spiro atoms. The molecule has 0 bridgehead atoms. The standard InChI is InChI=1S/C14H25NO6/c1-5-20-12(18)10-7-15(6-9(8-16)11(10)17)13(19)21-14(2,3)4/h9-11,16-17H,5-8H2,1-4H3/t9-,10+,11-/m1/s1. The highest BCUT2D eigenvalue weighted by atomic mass is 16.6. The summed E-state index contributed by atoms with van der Waals surface area (Å²) < 4.78 is 10.2. The van der Waals surface area contributed by atoms with E-state index >= 15 is 0 Å². The van der Waals surface area contributed by atoms with Gasteiger partial charge in [-0.25, -0.2) is 4.79 Å². The van der Waals surface area contributed by atoms with Crippen molar-refractivity contribution in [2.45, 2.75) is 39.4 Å². The predicted octanol–water partition coefficient (Wildman–Crippen LogP) is 0.386. The summed E-state index contributed by atoms with van der Waals surface area (Å²) >= 11 is 0. The van der Waals surface area contributed by atoms with Crippen LogP contribution in [0.5, 0.6) is 0 Å². The molecular formula is C14H25NO6. The molecule has 0 aromatic heterocycles. The molecule has 1 fully saturated rings. The summed E-state index contributed by atoms with van der Waals surface area (Å²) in [5, 5.41) is 19.5. The maximum Gasteiger partial charge on any atom is 0.410 e. The molecule has 0 aliphatic carbocycles. The molecule has 0 unspecified atom stereocenters. The van der Waals surface area contributed by atoms with Crippen molar-refractivity contribution < 1.29 is 29.3 Å². The molecule has 1 rings (SSSR count). The Labute approximate surface area is 124 Å². The van der Waals surface area contributed by atoms with Gasteiger partial charge in [0.25, 0.3) is 0 Å². The van der Waals surface area contributed by atoms with E-state index in [0.29, 0.717) is 0 Å². The van der Waals surface area contributed by atoms with Crippen molar-refractivity contribution in [3.8, 4) is 0 Å². The van der Waals surface area contributed by atoms with E-state index in [1.165, 1.54) is 4.90 Å². The van der Waals surface area contributed by atoms with Gasteiger partial charge in [-0.1, -0.05) is 0 Å². The maximum absolute atomic E-state index is 12.1. The number of carbonyl (C=O) groups excluding carboxylic acids is 2. The Hall–Kier alpha value is -1.34. The molecule has 1 amide bonds. The van der Waals surface area contributed by atoms with Gasteiger partial charge in [0, 0.05) is 19.0 Å². The van der Waals surface area contributed by atoms with E-state index < -0.39 is 35.6 Å². The molecule has 0 aromatic rings. The van der Waals surface area contributed by atoms with Crippen LogP contribution in [0.15, 0.2) is 0 Å². The second kappa shape index (κ2) is 7.09. The summed E-state index contributed by atoms with van der Waals surface area (Å²) in [4.78, 5) is 25.3. The minimum Gasteiger partial charge on any atom is -0.466 e. The van der Waals surface area contributed by atoms with Gasteiger partial charge < -0.3 is 24.6 Å². The van der Waals surface area contributed by atoms with Crippen LogP contribution in [0.2, 0.25) is 0 Å². The number of rotatable bonds is 3. The molecule has 3 atom stereocenters. The van der Waals surface area contributed by atoms with Crippen molar-refractivity contribution in [1.29, 1.82) is 0 Å². The lowest BCUT2D eigenvalue weighted by Crippen LogP contribution is -2.55. The molecule has 0 aromatic carbocycles. The summed E-state index contributed by atoms with van der Waals surface area (Å²) in [6, 6.07) is 0. The lowest BCUT2D eigenvalue weighted by Gasteiger charge is -2.39. The molecular weight excluding hydrogens is 278 g/mol. The largest absolute Gasteiger partial charge is 0.466 e. The second-order valence-corrected chi connectivity index (χ2v) is 6.18. The first-order valence-corrected chi connectivity index (χ1v) is 7.13. The Morgan fingerprint density at radius 3 is 2.38 bits per heavy atom. The highest BCUT2D eigenvalue weighted by molar-refractivity contribution is 5.75. The van der Waals surface area contributed by atoms with Gasteiger partial charge in [-0.2, -0.15) is 0 Å².